The highest BCUT2D eigenvalue weighted by Crippen LogP contribution is 2.17. The molecule has 0 aromatic carbocycles. The normalized spacial score (nSPS) is 14.7. The number of aromatic nitrogens is 1. The Hall–Kier alpha value is -1.05. The lowest BCUT2D eigenvalue weighted by Gasteiger charge is -2.16. The molecule has 0 aliphatic carbocycles. The monoisotopic (exact) mass is 445 g/mol. The molecule has 1 aliphatic rings. The van der Waals surface area contributed by atoms with Crippen molar-refractivity contribution < 1.29 is 0 Å². The maximum absolute atomic E-state index is 4.58. The molecule has 0 radical (unpaired) electrons. The van der Waals surface area contributed by atoms with Gasteiger partial charge in [-0.25, -0.2) is 4.98 Å². The number of hydrogen-bond donors (Lipinski definition) is 2. The first-order chi connectivity index (χ1) is 11.2. The first kappa shape index (κ1) is 21.0. The minimum absolute atomic E-state index is 0. The van der Waals surface area contributed by atoms with Crippen LogP contribution in [0.2, 0.25) is 0 Å². The van der Waals surface area contributed by atoms with Gasteiger partial charge in [-0.05, 0) is 43.2 Å². The van der Waals surface area contributed by atoms with Crippen LogP contribution in [0.25, 0.3) is 0 Å². The highest BCUT2D eigenvalue weighted by molar-refractivity contribution is 14.0. The van der Waals surface area contributed by atoms with Gasteiger partial charge in [-0.2, -0.15) is 0 Å². The van der Waals surface area contributed by atoms with Crippen LogP contribution in [0.4, 0.5) is 5.82 Å². The number of pyridine rings is 1. The number of anilines is 1. The average Bonchev–Trinajstić information content (AvgIpc) is 3.09. The Kier molecular flexibility index (Phi) is 10.1. The van der Waals surface area contributed by atoms with Crippen molar-refractivity contribution in [2.24, 2.45) is 10.9 Å². The van der Waals surface area contributed by atoms with E-state index in [2.05, 4.69) is 51.5 Å². The molecule has 0 atom stereocenters. The highest BCUT2D eigenvalue weighted by Gasteiger charge is 2.12. The molecule has 1 saturated heterocycles. The Morgan fingerprint density at radius 1 is 1.25 bits per heavy atom. The van der Waals surface area contributed by atoms with Crippen LogP contribution in [0.15, 0.2) is 23.3 Å². The van der Waals surface area contributed by atoms with Crippen LogP contribution in [0.1, 0.15) is 45.1 Å². The van der Waals surface area contributed by atoms with Gasteiger partial charge >= 0.3 is 0 Å². The fourth-order valence-corrected chi connectivity index (χ4v) is 2.78. The Morgan fingerprint density at radius 3 is 2.58 bits per heavy atom. The van der Waals surface area contributed by atoms with Gasteiger partial charge in [-0.1, -0.05) is 19.9 Å². The molecule has 2 rings (SSSR count). The first-order valence-corrected chi connectivity index (χ1v) is 8.83. The maximum Gasteiger partial charge on any atom is 0.191 e. The molecular formula is C18H32IN5. The third-order valence-electron chi connectivity index (χ3n) is 4.17. The van der Waals surface area contributed by atoms with E-state index in [0.29, 0.717) is 0 Å². The summed E-state index contributed by atoms with van der Waals surface area (Å²) in [6.45, 7) is 8.49. The predicted molar refractivity (Wildman–Crippen MR) is 113 cm³/mol. The number of nitrogens with zero attached hydrogens (tertiary/aromatic N) is 3. The SMILES string of the molecule is CN=C(NCCCC(C)C)NCc1ccc(N2CCCC2)nc1.I. The summed E-state index contributed by atoms with van der Waals surface area (Å²) in [7, 11) is 1.81. The van der Waals surface area contributed by atoms with Crippen molar-refractivity contribution in [1.82, 2.24) is 15.6 Å². The van der Waals surface area contributed by atoms with Crippen LogP contribution in [0.3, 0.4) is 0 Å². The minimum atomic E-state index is 0. The van der Waals surface area contributed by atoms with Gasteiger partial charge in [0.25, 0.3) is 0 Å². The molecule has 2 heterocycles. The van der Waals surface area contributed by atoms with Crippen molar-refractivity contribution in [3.63, 3.8) is 0 Å². The molecule has 1 fully saturated rings. The van der Waals surface area contributed by atoms with Crippen LogP contribution >= 0.6 is 24.0 Å². The van der Waals surface area contributed by atoms with Crippen molar-refractivity contribution in [3.8, 4) is 0 Å². The molecule has 0 amide bonds. The molecule has 0 spiro atoms. The molecule has 0 saturated carbocycles. The zero-order valence-electron chi connectivity index (χ0n) is 15.2. The van der Waals surface area contributed by atoms with Crippen molar-refractivity contribution in [3.05, 3.63) is 23.9 Å². The lowest BCUT2D eigenvalue weighted by Crippen LogP contribution is -2.37. The summed E-state index contributed by atoms with van der Waals surface area (Å²) in [5.41, 5.74) is 1.18. The lowest BCUT2D eigenvalue weighted by molar-refractivity contribution is 0.549. The number of nitrogens with one attached hydrogen (secondary N) is 2. The quantitative estimate of drug-likeness (QED) is 0.293. The van der Waals surface area contributed by atoms with Gasteiger partial charge in [-0.15, -0.1) is 24.0 Å². The summed E-state index contributed by atoms with van der Waals surface area (Å²) in [6.07, 6.45) is 6.94. The van der Waals surface area contributed by atoms with E-state index in [-0.39, 0.29) is 24.0 Å². The van der Waals surface area contributed by atoms with Crippen LogP contribution in [0, 0.1) is 5.92 Å². The van der Waals surface area contributed by atoms with Gasteiger partial charge in [0.05, 0.1) is 0 Å². The third-order valence-corrected chi connectivity index (χ3v) is 4.17. The summed E-state index contributed by atoms with van der Waals surface area (Å²) >= 11 is 0. The second-order valence-electron chi connectivity index (χ2n) is 6.61. The number of aliphatic imine (C=N–C) groups is 1. The summed E-state index contributed by atoms with van der Waals surface area (Å²) in [4.78, 5) is 11.2. The fraction of sp³-hybridized carbons (Fsp3) is 0.667. The average molecular weight is 445 g/mol. The topological polar surface area (TPSA) is 52.6 Å². The van der Waals surface area contributed by atoms with Crippen LogP contribution < -0.4 is 15.5 Å². The summed E-state index contributed by atoms with van der Waals surface area (Å²) in [5, 5.41) is 6.71. The van der Waals surface area contributed by atoms with E-state index in [1.807, 2.05) is 13.2 Å². The molecule has 6 heteroatoms. The van der Waals surface area contributed by atoms with Crippen LogP contribution in [0.5, 0.6) is 0 Å². The summed E-state index contributed by atoms with van der Waals surface area (Å²) in [6, 6.07) is 4.28. The molecule has 1 aliphatic heterocycles. The maximum atomic E-state index is 4.58. The molecule has 0 bridgehead atoms. The van der Waals surface area contributed by atoms with Crippen LogP contribution in [-0.4, -0.2) is 37.6 Å². The minimum Gasteiger partial charge on any atom is -0.357 e. The molecule has 24 heavy (non-hydrogen) atoms. The zero-order valence-corrected chi connectivity index (χ0v) is 17.5. The number of halogens is 1. The van der Waals surface area contributed by atoms with Gasteiger partial charge in [0.2, 0.25) is 0 Å². The second-order valence-corrected chi connectivity index (χ2v) is 6.61. The van der Waals surface area contributed by atoms with E-state index in [1.54, 1.807) is 0 Å². The summed E-state index contributed by atoms with van der Waals surface area (Å²) < 4.78 is 0. The van der Waals surface area contributed by atoms with Gasteiger partial charge in [0.15, 0.2) is 5.96 Å². The molecule has 0 unspecified atom stereocenters. The smallest absolute Gasteiger partial charge is 0.191 e. The molecule has 136 valence electrons. The Bertz CT molecular complexity index is 481. The second kappa shape index (κ2) is 11.5. The lowest BCUT2D eigenvalue weighted by atomic mass is 10.1. The number of rotatable bonds is 7. The van der Waals surface area contributed by atoms with E-state index in [1.165, 1.54) is 31.2 Å². The van der Waals surface area contributed by atoms with Gasteiger partial charge < -0.3 is 15.5 Å². The van der Waals surface area contributed by atoms with E-state index in [4.69, 9.17) is 0 Å². The molecule has 2 N–H and O–H groups in total. The largest absolute Gasteiger partial charge is 0.357 e. The Morgan fingerprint density at radius 2 is 2.00 bits per heavy atom. The number of hydrogen-bond acceptors (Lipinski definition) is 3. The van der Waals surface area contributed by atoms with Gasteiger partial charge in [0.1, 0.15) is 5.82 Å². The standard InChI is InChI=1S/C18H31N5.HI/c1-15(2)7-6-10-20-18(19-3)22-14-16-8-9-17(21-13-16)23-11-4-5-12-23;/h8-9,13,15H,4-7,10-12,14H2,1-3H3,(H2,19,20,22);1H. The molecule has 1 aromatic rings. The highest BCUT2D eigenvalue weighted by atomic mass is 127. The van der Waals surface area contributed by atoms with E-state index >= 15 is 0 Å². The number of guanidine groups is 1. The summed E-state index contributed by atoms with van der Waals surface area (Å²) in [5.74, 6) is 2.71. The van der Waals surface area contributed by atoms with Gasteiger partial charge in [-0.3, -0.25) is 4.99 Å². The van der Waals surface area contributed by atoms with E-state index in [9.17, 15) is 0 Å². The van der Waals surface area contributed by atoms with Crippen LogP contribution in [-0.2, 0) is 6.54 Å². The van der Waals surface area contributed by atoms with Gasteiger partial charge in [0, 0.05) is 39.4 Å². The third kappa shape index (κ3) is 7.23. The van der Waals surface area contributed by atoms with E-state index < -0.39 is 0 Å². The van der Waals surface area contributed by atoms with Crippen molar-refractivity contribution in [2.75, 3.05) is 31.6 Å². The van der Waals surface area contributed by atoms with Crippen molar-refractivity contribution in [1.29, 1.82) is 0 Å². The van der Waals surface area contributed by atoms with Crippen molar-refractivity contribution >= 4 is 35.8 Å². The molecule has 5 nitrogen and oxygen atoms in total. The Labute approximate surface area is 163 Å². The fourth-order valence-electron chi connectivity index (χ4n) is 2.78. The first-order valence-electron chi connectivity index (χ1n) is 8.83. The van der Waals surface area contributed by atoms with E-state index in [0.717, 1.165) is 43.9 Å². The molecule has 1 aromatic heterocycles. The Balaban J connectivity index is 0.00000288. The zero-order chi connectivity index (χ0) is 16.5. The molecular weight excluding hydrogens is 413 g/mol. The predicted octanol–water partition coefficient (Wildman–Crippen LogP) is 3.40. The van der Waals surface area contributed by atoms with Crippen molar-refractivity contribution in [2.45, 2.75) is 46.1 Å².